The highest BCUT2D eigenvalue weighted by Crippen LogP contribution is 2.28. The molecule has 0 fully saturated rings. The maximum Gasteiger partial charge on any atom is 0.266 e. The Morgan fingerprint density at radius 1 is 1.41 bits per heavy atom. The van der Waals surface area contributed by atoms with Crippen molar-refractivity contribution in [2.75, 3.05) is 6.61 Å². The number of hydrogen-bond acceptors (Lipinski definition) is 2. The topological polar surface area (TPSA) is 47.0 Å². The van der Waals surface area contributed by atoms with Crippen LogP contribution in [0.3, 0.4) is 0 Å². The fourth-order valence-corrected chi connectivity index (χ4v) is 1.62. The van der Waals surface area contributed by atoms with Gasteiger partial charge in [0, 0.05) is 24.7 Å². The summed E-state index contributed by atoms with van der Waals surface area (Å²) in [6.45, 7) is 2.26. The summed E-state index contributed by atoms with van der Waals surface area (Å²) in [7, 11) is 1.62. The Bertz CT molecular complexity index is 586. The molecule has 0 spiro atoms. The molecule has 0 radical (unpaired) electrons. The Balaban J connectivity index is 2.54. The minimum atomic E-state index is -0.365. The number of rotatable bonds is 3. The summed E-state index contributed by atoms with van der Waals surface area (Å²) >= 11 is 0. The molecule has 1 aromatic heterocycles. The van der Waals surface area contributed by atoms with Crippen molar-refractivity contribution >= 4 is 0 Å². The molecule has 0 saturated carbocycles. The SMILES string of the molecule is CCOc1cc(F)ccc1-c1cc(=O)n(C)[nH]1. The molecule has 2 rings (SSSR count). The van der Waals surface area contributed by atoms with E-state index in [0.717, 1.165) is 0 Å². The lowest BCUT2D eigenvalue weighted by atomic mass is 10.1. The minimum Gasteiger partial charge on any atom is -0.493 e. The third-order valence-electron chi connectivity index (χ3n) is 2.42. The summed E-state index contributed by atoms with van der Waals surface area (Å²) in [6.07, 6.45) is 0. The third-order valence-corrected chi connectivity index (χ3v) is 2.42. The van der Waals surface area contributed by atoms with Crippen LogP contribution in [0.5, 0.6) is 5.75 Å². The molecule has 1 N–H and O–H groups in total. The normalized spacial score (nSPS) is 10.5. The number of aromatic amines is 1. The zero-order chi connectivity index (χ0) is 12.4. The number of hydrogen-bond donors (Lipinski definition) is 1. The fourth-order valence-electron chi connectivity index (χ4n) is 1.62. The average Bonchev–Trinajstić information content (AvgIpc) is 2.60. The van der Waals surface area contributed by atoms with Gasteiger partial charge in [-0.3, -0.25) is 14.6 Å². The molecule has 0 unspecified atom stereocenters. The number of halogens is 1. The molecular weight excluding hydrogens is 223 g/mol. The molecule has 1 aromatic carbocycles. The van der Waals surface area contributed by atoms with Gasteiger partial charge in [0.25, 0.3) is 5.56 Å². The molecule has 2 aromatic rings. The van der Waals surface area contributed by atoms with Gasteiger partial charge >= 0.3 is 0 Å². The molecule has 0 saturated heterocycles. The fraction of sp³-hybridized carbons (Fsp3) is 0.250. The molecule has 17 heavy (non-hydrogen) atoms. The minimum absolute atomic E-state index is 0.147. The first-order valence-corrected chi connectivity index (χ1v) is 5.30. The first kappa shape index (κ1) is 11.4. The van der Waals surface area contributed by atoms with Crippen molar-refractivity contribution in [1.82, 2.24) is 9.78 Å². The van der Waals surface area contributed by atoms with E-state index in [4.69, 9.17) is 4.74 Å². The lowest BCUT2D eigenvalue weighted by Crippen LogP contribution is -2.09. The smallest absolute Gasteiger partial charge is 0.266 e. The zero-order valence-corrected chi connectivity index (χ0v) is 9.66. The van der Waals surface area contributed by atoms with Crippen LogP contribution in [-0.2, 0) is 7.05 Å². The van der Waals surface area contributed by atoms with Crippen molar-refractivity contribution in [3.8, 4) is 17.0 Å². The highest BCUT2D eigenvalue weighted by Gasteiger charge is 2.10. The van der Waals surface area contributed by atoms with Crippen LogP contribution in [0.4, 0.5) is 4.39 Å². The second-order valence-electron chi connectivity index (χ2n) is 3.64. The Labute approximate surface area is 97.6 Å². The zero-order valence-electron chi connectivity index (χ0n) is 9.66. The van der Waals surface area contributed by atoms with Crippen LogP contribution in [-0.4, -0.2) is 16.4 Å². The van der Waals surface area contributed by atoms with E-state index in [-0.39, 0.29) is 11.4 Å². The van der Waals surface area contributed by atoms with Gasteiger partial charge in [-0.15, -0.1) is 0 Å². The summed E-state index contributed by atoms with van der Waals surface area (Å²) in [5.41, 5.74) is 1.14. The Kier molecular flexibility index (Phi) is 2.99. The number of ether oxygens (including phenoxy) is 1. The largest absolute Gasteiger partial charge is 0.493 e. The van der Waals surface area contributed by atoms with E-state index in [0.29, 0.717) is 23.6 Å². The molecule has 5 heteroatoms. The molecule has 0 bridgehead atoms. The van der Waals surface area contributed by atoms with Gasteiger partial charge in [-0.1, -0.05) is 0 Å². The standard InChI is InChI=1S/C12H13FN2O2/c1-3-17-11-6-8(13)4-5-9(11)10-7-12(16)15(2)14-10/h4-7,14H,3H2,1-2H3. The summed E-state index contributed by atoms with van der Waals surface area (Å²) in [4.78, 5) is 11.4. The van der Waals surface area contributed by atoms with Gasteiger partial charge in [0.2, 0.25) is 0 Å². The second-order valence-corrected chi connectivity index (χ2v) is 3.64. The van der Waals surface area contributed by atoms with Crippen molar-refractivity contribution in [2.45, 2.75) is 6.92 Å². The van der Waals surface area contributed by atoms with Crippen LogP contribution in [0.15, 0.2) is 29.1 Å². The number of nitrogens with zero attached hydrogens (tertiary/aromatic N) is 1. The van der Waals surface area contributed by atoms with E-state index in [2.05, 4.69) is 5.10 Å². The first-order chi connectivity index (χ1) is 8.11. The van der Waals surface area contributed by atoms with Gasteiger partial charge < -0.3 is 4.74 Å². The Morgan fingerprint density at radius 2 is 2.18 bits per heavy atom. The van der Waals surface area contributed by atoms with E-state index in [1.807, 2.05) is 6.92 Å². The van der Waals surface area contributed by atoms with Crippen molar-refractivity contribution in [3.63, 3.8) is 0 Å². The highest BCUT2D eigenvalue weighted by atomic mass is 19.1. The third kappa shape index (κ3) is 2.22. The number of H-pyrrole nitrogens is 1. The molecule has 0 amide bonds. The number of aryl methyl sites for hydroxylation is 1. The molecule has 0 aliphatic heterocycles. The van der Waals surface area contributed by atoms with Crippen LogP contribution in [0.1, 0.15) is 6.92 Å². The monoisotopic (exact) mass is 236 g/mol. The van der Waals surface area contributed by atoms with Crippen molar-refractivity contribution in [3.05, 3.63) is 40.4 Å². The molecule has 0 atom stereocenters. The quantitative estimate of drug-likeness (QED) is 0.885. The van der Waals surface area contributed by atoms with Crippen LogP contribution in [0, 0.1) is 5.82 Å². The van der Waals surface area contributed by atoms with E-state index >= 15 is 0 Å². The Morgan fingerprint density at radius 3 is 2.76 bits per heavy atom. The molecule has 0 aliphatic rings. The first-order valence-electron chi connectivity index (χ1n) is 5.30. The predicted octanol–water partition coefficient (Wildman–Crippen LogP) is 1.92. The molecule has 90 valence electrons. The maximum atomic E-state index is 13.1. The molecule has 4 nitrogen and oxygen atoms in total. The van der Waals surface area contributed by atoms with Gasteiger partial charge in [0.1, 0.15) is 11.6 Å². The summed E-state index contributed by atoms with van der Waals surface area (Å²) < 4.78 is 19.8. The summed E-state index contributed by atoms with van der Waals surface area (Å²) in [5, 5.41) is 2.88. The number of nitrogens with one attached hydrogen (secondary N) is 1. The predicted molar refractivity (Wildman–Crippen MR) is 62.6 cm³/mol. The average molecular weight is 236 g/mol. The van der Waals surface area contributed by atoms with Gasteiger partial charge in [-0.05, 0) is 19.1 Å². The number of aromatic nitrogens is 2. The van der Waals surface area contributed by atoms with Gasteiger partial charge in [0.05, 0.1) is 12.3 Å². The lowest BCUT2D eigenvalue weighted by molar-refractivity contribution is 0.339. The summed E-state index contributed by atoms with van der Waals surface area (Å²) in [5.74, 6) is 0.0600. The van der Waals surface area contributed by atoms with Crippen LogP contribution in [0.25, 0.3) is 11.3 Å². The highest BCUT2D eigenvalue weighted by molar-refractivity contribution is 5.66. The van der Waals surface area contributed by atoms with Crippen LogP contribution in [0.2, 0.25) is 0 Å². The van der Waals surface area contributed by atoms with Gasteiger partial charge in [-0.25, -0.2) is 4.39 Å². The Hall–Kier alpha value is -2.04. The van der Waals surface area contributed by atoms with E-state index in [1.54, 1.807) is 13.1 Å². The van der Waals surface area contributed by atoms with Crippen molar-refractivity contribution < 1.29 is 9.13 Å². The van der Waals surface area contributed by atoms with Crippen molar-refractivity contribution in [2.24, 2.45) is 7.05 Å². The number of benzene rings is 1. The summed E-state index contributed by atoms with van der Waals surface area (Å²) in [6, 6.07) is 5.69. The maximum absolute atomic E-state index is 13.1. The van der Waals surface area contributed by atoms with Gasteiger partial charge in [0.15, 0.2) is 0 Å². The van der Waals surface area contributed by atoms with E-state index in [9.17, 15) is 9.18 Å². The van der Waals surface area contributed by atoms with Crippen molar-refractivity contribution in [1.29, 1.82) is 0 Å². The second kappa shape index (κ2) is 4.45. The van der Waals surface area contributed by atoms with E-state index < -0.39 is 0 Å². The molecule has 1 heterocycles. The lowest BCUT2D eigenvalue weighted by Gasteiger charge is -2.08. The van der Waals surface area contributed by atoms with Crippen LogP contribution >= 0.6 is 0 Å². The molecule has 0 aliphatic carbocycles. The van der Waals surface area contributed by atoms with Crippen LogP contribution < -0.4 is 10.3 Å². The van der Waals surface area contributed by atoms with E-state index in [1.165, 1.54) is 22.9 Å². The van der Waals surface area contributed by atoms with Gasteiger partial charge in [-0.2, -0.15) is 0 Å². The molecular formula is C12H13FN2O2.